The number of hydrogen-bond acceptors (Lipinski definition) is 1. The van der Waals surface area contributed by atoms with Gasteiger partial charge in [0.15, 0.2) is 5.96 Å². The molecule has 104 valence electrons. The highest BCUT2D eigenvalue weighted by Gasteiger charge is 2.21. The molecule has 0 amide bonds. The van der Waals surface area contributed by atoms with E-state index in [4.69, 9.17) is 4.99 Å². The van der Waals surface area contributed by atoms with Gasteiger partial charge in [-0.2, -0.15) is 0 Å². The third kappa shape index (κ3) is 4.51. The maximum atomic E-state index is 4.80. The van der Waals surface area contributed by atoms with Crippen molar-refractivity contribution >= 4 is 5.96 Å². The SMILES string of the molecule is CCNC(=NCCCC1CC1)N1CCCC(C)C1. The Morgan fingerprint density at radius 3 is 2.83 bits per heavy atom. The first-order valence-corrected chi connectivity index (χ1v) is 7.83. The fourth-order valence-corrected chi connectivity index (χ4v) is 2.78. The first-order chi connectivity index (χ1) is 8.79. The molecule has 0 aromatic heterocycles. The highest BCUT2D eigenvalue weighted by atomic mass is 15.3. The molecule has 1 N–H and O–H groups in total. The van der Waals surface area contributed by atoms with Crippen molar-refractivity contribution < 1.29 is 0 Å². The van der Waals surface area contributed by atoms with Crippen molar-refractivity contribution in [1.29, 1.82) is 0 Å². The molecule has 0 spiro atoms. The van der Waals surface area contributed by atoms with Crippen LogP contribution in [0.3, 0.4) is 0 Å². The number of nitrogens with one attached hydrogen (secondary N) is 1. The van der Waals surface area contributed by atoms with Crippen molar-refractivity contribution in [3.05, 3.63) is 0 Å². The normalized spacial score (nSPS) is 25.3. The van der Waals surface area contributed by atoms with Crippen molar-refractivity contribution in [1.82, 2.24) is 10.2 Å². The molecule has 2 fully saturated rings. The Labute approximate surface area is 112 Å². The standard InChI is InChI=1S/C15H29N3/c1-3-16-15(17-10-4-7-14-8-9-14)18-11-5-6-13(2)12-18/h13-14H,3-12H2,1-2H3,(H,16,17). The minimum absolute atomic E-state index is 0.814. The summed E-state index contributed by atoms with van der Waals surface area (Å²) in [6.07, 6.45) is 8.27. The zero-order valence-electron chi connectivity index (χ0n) is 12.1. The second kappa shape index (κ2) is 7.01. The van der Waals surface area contributed by atoms with Crippen LogP contribution < -0.4 is 5.32 Å². The summed E-state index contributed by atoms with van der Waals surface area (Å²) >= 11 is 0. The molecule has 1 aliphatic carbocycles. The zero-order valence-corrected chi connectivity index (χ0v) is 12.1. The molecule has 18 heavy (non-hydrogen) atoms. The first kappa shape index (κ1) is 13.7. The minimum Gasteiger partial charge on any atom is -0.357 e. The van der Waals surface area contributed by atoms with Gasteiger partial charge in [0.2, 0.25) is 0 Å². The van der Waals surface area contributed by atoms with E-state index in [1.807, 2.05) is 0 Å². The summed E-state index contributed by atoms with van der Waals surface area (Å²) in [5.74, 6) is 3.01. The van der Waals surface area contributed by atoms with Crippen LogP contribution in [-0.4, -0.2) is 37.0 Å². The molecule has 1 saturated heterocycles. The zero-order chi connectivity index (χ0) is 12.8. The highest BCUT2D eigenvalue weighted by molar-refractivity contribution is 5.80. The Kier molecular flexibility index (Phi) is 5.33. The lowest BCUT2D eigenvalue weighted by Crippen LogP contribution is -2.46. The largest absolute Gasteiger partial charge is 0.357 e. The fraction of sp³-hybridized carbons (Fsp3) is 0.933. The quantitative estimate of drug-likeness (QED) is 0.462. The second-order valence-corrected chi connectivity index (χ2v) is 6.01. The van der Waals surface area contributed by atoms with Crippen LogP contribution in [0.15, 0.2) is 4.99 Å². The molecule has 0 radical (unpaired) electrons. The third-order valence-corrected chi connectivity index (χ3v) is 4.02. The lowest BCUT2D eigenvalue weighted by Gasteiger charge is -2.33. The van der Waals surface area contributed by atoms with Gasteiger partial charge < -0.3 is 10.2 Å². The molecule has 3 nitrogen and oxygen atoms in total. The van der Waals surface area contributed by atoms with Gasteiger partial charge in [-0.3, -0.25) is 4.99 Å². The van der Waals surface area contributed by atoms with Gasteiger partial charge >= 0.3 is 0 Å². The van der Waals surface area contributed by atoms with Gasteiger partial charge in [0.25, 0.3) is 0 Å². The van der Waals surface area contributed by atoms with Crippen LogP contribution in [0.5, 0.6) is 0 Å². The molecule has 1 saturated carbocycles. The molecule has 1 aliphatic heterocycles. The van der Waals surface area contributed by atoms with E-state index in [-0.39, 0.29) is 0 Å². The van der Waals surface area contributed by atoms with Crippen LogP contribution in [0.1, 0.15) is 52.4 Å². The molecule has 0 aromatic rings. The second-order valence-electron chi connectivity index (χ2n) is 6.01. The molecular weight excluding hydrogens is 222 g/mol. The number of guanidine groups is 1. The molecule has 2 rings (SSSR count). The molecule has 1 unspecified atom stereocenters. The Morgan fingerprint density at radius 1 is 1.33 bits per heavy atom. The van der Waals surface area contributed by atoms with Crippen molar-refractivity contribution in [2.75, 3.05) is 26.2 Å². The summed E-state index contributed by atoms with van der Waals surface area (Å²) in [4.78, 5) is 7.26. The third-order valence-electron chi connectivity index (χ3n) is 4.02. The van der Waals surface area contributed by atoms with Crippen molar-refractivity contribution in [2.45, 2.75) is 52.4 Å². The highest BCUT2D eigenvalue weighted by Crippen LogP contribution is 2.33. The van der Waals surface area contributed by atoms with Gasteiger partial charge in [0, 0.05) is 26.2 Å². The predicted octanol–water partition coefficient (Wildman–Crippen LogP) is 2.87. The summed E-state index contributed by atoms with van der Waals surface area (Å²) in [6.45, 7) is 8.85. The number of likely N-dealkylation sites (tertiary alicyclic amines) is 1. The van der Waals surface area contributed by atoms with Gasteiger partial charge in [-0.05, 0) is 44.4 Å². The van der Waals surface area contributed by atoms with Crippen molar-refractivity contribution in [2.24, 2.45) is 16.8 Å². The van der Waals surface area contributed by atoms with Gasteiger partial charge in [0.1, 0.15) is 0 Å². The molecule has 0 bridgehead atoms. The molecule has 2 aliphatic rings. The minimum atomic E-state index is 0.814. The van der Waals surface area contributed by atoms with E-state index in [1.165, 1.54) is 51.6 Å². The van der Waals surface area contributed by atoms with Gasteiger partial charge in [0.05, 0.1) is 0 Å². The Morgan fingerprint density at radius 2 is 2.17 bits per heavy atom. The van der Waals surface area contributed by atoms with E-state index in [2.05, 4.69) is 24.1 Å². The van der Waals surface area contributed by atoms with Gasteiger partial charge in [-0.1, -0.05) is 19.8 Å². The monoisotopic (exact) mass is 251 g/mol. The number of piperidine rings is 1. The molecular formula is C15H29N3. The smallest absolute Gasteiger partial charge is 0.193 e. The van der Waals surface area contributed by atoms with E-state index in [1.54, 1.807) is 0 Å². The number of nitrogens with zero attached hydrogens (tertiary/aromatic N) is 2. The Bertz CT molecular complexity index is 271. The Balaban J connectivity index is 1.78. The van der Waals surface area contributed by atoms with E-state index in [0.717, 1.165) is 30.9 Å². The van der Waals surface area contributed by atoms with Crippen LogP contribution in [0.2, 0.25) is 0 Å². The van der Waals surface area contributed by atoms with Gasteiger partial charge in [-0.25, -0.2) is 0 Å². The average Bonchev–Trinajstić information content (AvgIpc) is 3.17. The van der Waals surface area contributed by atoms with E-state index >= 15 is 0 Å². The number of hydrogen-bond donors (Lipinski definition) is 1. The van der Waals surface area contributed by atoms with E-state index in [9.17, 15) is 0 Å². The lowest BCUT2D eigenvalue weighted by atomic mass is 10.0. The molecule has 0 aromatic carbocycles. The molecule has 1 heterocycles. The Hall–Kier alpha value is -0.730. The van der Waals surface area contributed by atoms with Crippen LogP contribution in [-0.2, 0) is 0 Å². The summed E-state index contributed by atoms with van der Waals surface area (Å²) in [7, 11) is 0. The van der Waals surface area contributed by atoms with Gasteiger partial charge in [-0.15, -0.1) is 0 Å². The number of aliphatic imine (C=N–C) groups is 1. The summed E-state index contributed by atoms with van der Waals surface area (Å²) in [6, 6.07) is 0. The first-order valence-electron chi connectivity index (χ1n) is 7.83. The van der Waals surface area contributed by atoms with Crippen molar-refractivity contribution in [3.63, 3.8) is 0 Å². The maximum absolute atomic E-state index is 4.80. The van der Waals surface area contributed by atoms with Crippen LogP contribution >= 0.6 is 0 Å². The van der Waals surface area contributed by atoms with Crippen molar-refractivity contribution in [3.8, 4) is 0 Å². The number of rotatable bonds is 5. The van der Waals surface area contributed by atoms with E-state index in [0.29, 0.717) is 0 Å². The van der Waals surface area contributed by atoms with Crippen LogP contribution in [0.4, 0.5) is 0 Å². The topological polar surface area (TPSA) is 27.6 Å². The summed E-state index contributed by atoms with van der Waals surface area (Å²) in [5.41, 5.74) is 0. The van der Waals surface area contributed by atoms with E-state index < -0.39 is 0 Å². The average molecular weight is 251 g/mol. The van der Waals surface area contributed by atoms with Crippen LogP contribution in [0, 0.1) is 11.8 Å². The summed E-state index contributed by atoms with van der Waals surface area (Å²) in [5, 5.41) is 3.45. The summed E-state index contributed by atoms with van der Waals surface area (Å²) < 4.78 is 0. The lowest BCUT2D eigenvalue weighted by molar-refractivity contribution is 0.266. The van der Waals surface area contributed by atoms with Crippen LogP contribution in [0.25, 0.3) is 0 Å². The molecule has 3 heteroatoms. The fourth-order valence-electron chi connectivity index (χ4n) is 2.78. The maximum Gasteiger partial charge on any atom is 0.193 e. The predicted molar refractivity (Wildman–Crippen MR) is 77.9 cm³/mol. The molecule has 1 atom stereocenters.